The molecule has 0 aliphatic heterocycles. The van der Waals surface area contributed by atoms with Crippen molar-refractivity contribution in [3.63, 3.8) is 0 Å². The first kappa shape index (κ1) is 13.9. The molecule has 0 radical (unpaired) electrons. The Morgan fingerprint density at radius 1 is 1.37 bits per heavy atom. The summed E-state index contributed by atoms with van der Waals surface area (Å²) in [5.74, 6) is 0.0609. The van der Waals surface area contributed by atoms with Crippen molar-refractivity contribution < 1.29 is 8.42 Å². The van der Waals surface area contributed by atoms with Crippen LogP contribution in [-0.4, -0.2) is 23.7 Å². The average Bonchev–Trinajstić information content (AvgIpc) is 2.85. The van der Waals surface area contributed by atoms with Gasteiger partial charge in [-0.25, -0.2) is 13.4 Å². The fraction of sp³-hybridized carbons (Fsp3) is 0.250. The first-order valence-corrected chi connectivity index (χ1v) is 7.75. The predicted octanol–water partition coefficient (Wildman–Crippen LogP) is 1.98. The number of nitrogens with zero attached hydrogens (tertiary/aromatic N) is 2. The summed E-state index contributed by atoms with van der Waals surface area (Å²) in [7, 11) is -3.33. The highest BCUT2D eigenvalue weighted by atomic mass is 35.5. The van der Waals surface area contributed by atoms with Crippen LogP contribution in [0.1, 0.15) is 6.42 Å². The molecule has 2 rings (SSSR count). The van der Waals surface area contributed by atoms with E-state index >= 15 is 0 Å². The molecule has 0 atom stereocenters. The number of nitrogen functional groups attached to an aromatic ring is 1. The van der Waals surface area contributed by atoms with E-state index < -0.39 is 9.84 Å². The quantitative estimate of drug-likeness (QED) is 0.856. The number of imidazole rings is 1. The maximum atomic E-state index is 12.1. The van der Waals surface area contributed by atoms with Crippen LogP contribution in [0, 0.1) is 0 Å². The lowest BCUT2D eigenvalue weighted by Gasteiger charge is -2.06. The molecule has 2 N–H and O–H groups in total. The van der Waals surface area contributed by atoms with Crippen LogP contribution in [0.3, 0.4) is 0 Å². The summed E-state index contributed by atoms with van der Waals surface area (Å²) >= 11 is 5.83. The zero-order valence-electron chi connectivity index (χ0n) is 10.2. The molecular weight excluding hydrogens is 286 g/mol. The van der Waals surface area contributed by atoms with Gasteiger partial charge < -0.3 is 10.3 Å². The molecule has 1 heterocycles. The fourth-order valence-electron chi connectivity index (χ4n) is 1.68. The highest BCUT2D eigenvalue weighted by Gasteiger charge is 2.15. The Bertz CT molecular complexity index is 654. The molecule has 2 aromatic rings. The van der Waals surface area contributed by atoms with Crippen molar-refractivity contribution in [1.82, 2.24) is 9.55 Å². The number of hydrogen-bond acceptors (Lipinski definition) is 4. The lowest BCUT2D eigenvalue weighted by atomic mass is 10.3. The second kappa shape index (κ2) is 5.63. The molecule has 0 unspecified atom stereocenters. The van der Waals surface area contributed by atoms with Crippen LogP contribution in [0.25, 0.3) is 0 Å². The summed E-state index contributed by atoms with van der Waals surface area (Å²) in [5, 5.41) is 0.260. The Morgan fingerprint density at radius 2 is 2.16 bits per heavy atom. The maximum Gasteiger partial charge on any atom is 0.178 e. The molecule has 1 aromatic carbocycles. The molecule has 0 amide bonds. The molecule has 0 saturated carbocycles. The Kier molecular flexibility index (Phi) is 4.11. The van der Waals surface area contributed by atoms with Crippen LogP contribution in [0.4, 0.5) is 5.69 Å². The molecule has 0 spiro atoms. The summed E-state index contributed by atoms with van der Waals surface area (Å²) < 4.78 is 26.0. The maximum absolute atomic E-state index is 12.1. The molecule has 1 aromatic heterocycles. The van der Waals surface area contributed by atoms with Gasteiger partial charge in [0.15, 0.2) is 9.84 Å². The third kappa shape index (κ3) is 3.48. The summed E-state index contributed by atoms with van der Waals surface area (Å²) in [6.45, 7) is 0.613. The van der Waals surface area contributed by atoms with E-state index in [1.807, 2.05) is 4.57 Å². The third-order valence-electron chi connectivity index (χ3n) is 2.72. The van der Waals surface area contributed by atoms with Crippen molar-refractivity contribution in [2.24, 2.45) is 0 Å². The van der Waals surface area contributed by atoms with Gasteiger partial charge in [0.05, 0.1) is 27.7 Å². The number of nitrogens with two attached hydrogens (primary N) is 1. The minimum Gasteiger partial charge on any atom is -0.398 e. The molecule has 0 bridgehead atoms. The Morgan fingerprint density at radius 3 is 2.79 bits per heavy atom. The van der Waals surface area contributed by atoms with Crippen LogP contribution >= 0.6 is 11.6 Å². The van der Waals surface area contributed by atoms with Gasteiger partial charge in [0.25, 0.3) is 0 Å². The van der Waals surface area contributed by atoms with E-state index in [0.29, 0.717) is 18.7 Å². The smallest absolute Gasteiger partial charge is 0.178 e. The molecule has 19 heavy (non-hydrogen) atoms. The summed E-state index contributed by atoms with van der Waals surface area (Å²) in [6.07, 6.45) is 5.63. The molecular formula is C12H14ClN3O2S. The lowest BCUT2D eigenvalue weighted by Crippen LogP contribution is -2.09. The van der Waals surface area contributed by atoms with Crippen molar-refractivity contribution in [3.05, 3.63) is 41.9 Å². The zero-order chi connectivity index (χ0) is 13.9. The Labute approximate surface area is 116 Å². The monoisotopic (exact) mass is 299 g/mol. The topological polar surface area (TPSA) is 78.0 Å². The lowest BCUT2D eigenvalue weighted by molar-refractivity contribution is 0.586. The van der Waals surface area contributed by atoms with Gasteiger partial charge in [0.1, 0.15) is 0 Å². The van der Waals surface area contributed by atoms with E-state index in [4.69, 9.17) is 17.3 Å². The van der Waals surface area contributed by atoms with Crippen LogP contribution in [0.2, 0.25) is 5.02 Å². The summed E-state index contributed by atoms with van der Waals surface area (Å²) in [6, 6.07) is 4.38. The van der Waals surface area contributed by atoms with Crippen LogP contribution in [0.15, 0.2) is 41.8 Å². The van der Waals surface area contributed by atoms with Gasteiger partial charge >= 0.3 is 0 Å². The molecule has 7 heteroatoms. The zero-order valence-corrected chi connectivity index (χ0v) is 11.7. The minimum atomic E-state index is -3.33. The van der Waals surface area contributed by atoms with Crippen molar-refractivity contribution in [2.45, 2.75) is 17.9 Å². The SMILES string of the molecule is Nc1ccc(S(=O)(=O)CCCn2ccnc2)cc1Cl. The molecule has 102 valence electrons. The van der Waals surface area contributed by atoms with E-state index in [1.165, 1.54) is 18.2 Å². The molecule has 0 saturated heterocycles. The average molecular weight is 300 g/mol. The van der Waals surface area contributed by atoms with Gasteiger partial charge in [-0.15, -0.1) is 0 Å². The van der Waals surface area contributed by atoms with Gasteiger partial charge in [0.2, 0.25) is 0 Å². The number of aromatic nitrogens is 2. The van der Waals surface area contributed by atoms with E-state index in [9.17, 15) is 8.42 Å². The van der Waals surface area contributed by atoms with Crippen molar-refractivity contribution in [2.75, 3.05) is 11.5 Å². The first-order chi connectivity index (χ1) is 8.99. The van der Waals surface area contributed by atoms with Crippen LogP contribution < -0.4 is 5.73 Å². The second-order valence-corrected chi connectivity index (χ2v) is 6.67. The minimum absolute atomic E-state index is 0.0609. The van der Waals surface area contributed by atoms with E-state index in [2.05, 4.69) is 4.98 Å². The largest absolute Gasteiger partial charge is 0.398 e. The molecule has 0 fully saturated rings. The Balaban J connectivity index is 2.03. The first-order valence-electron chi connectivity index (χ1n) is 5.72. The number of anilines is 1. The van der Waals surface area contributed by atoms with Gasteiger partial charge in [-0.2, -0.15) is 0 Å². The number of sulfone groups is 1. The highest BCUT2D eigenvalue weighted by Crippen LogP contribution is 2.23. The number of rotatable bonds is 5. The second-order valence-electron chi connectivity index (χ2n) is 4.16. The van der Waals surface area contributed by atoms with Gasteiger partial charge in [-0.1, -0.05) is 11.6 Å². The van der Waals surface area contributed by atoms with E-state index in [-0.39, 0.29) is 15.7 Å². The summed E-state index contributed by atoms with van der Waals surface area (Å²) in [5.41, 5.74) is 5.93. The number of hydrogen-bond donors (Lipinski definition) is 1. The highest BCUT2D eigenvalue weighted by molar-refractivity contribution is 7.91. The molecule has 5 nitrogen and oxygen atoms in total. The predicted molar refractivity (Wildman–Crippen MR) is 74.8 cm³/mol. The fourth-order valence-corrected chi connectivity index (χ4v) is 3.24. The van der Waals surface area contributed by atoms with Crippen molar-refractivity contribution in [1.29, 1.82) is 0 Å². The van der Waals surface area contributed by atoms with Gasteiger partial charge in [-0.05, 0) is 24.6 Å². The van der Waals surface area contributed by atoms with Crippen LogP contribution in [0.5, 0.6) is 0 Å². The van der Waals surface area contributed by atoms with Crippen molar-refractivity contribution >= 4 is 27.1 Å². The normalized spacial score (nSPS) is 11.6. The number of benzene rings is 1. The van der Waals surface area contributed by atoms with Gasteiger partial charge in [0, 0.05) is 18.9 Å². The third-order valence-corrected chi connectivity index (χ3v) is 4.85. The van der Waals surface area contributed by atoms with Gasteiger partial charge in [-0.3, -0.25) is 0 Å². The summed E-state index contributed by atoms with van der Waals surface area (Å²) in [4.78, 5) is 4.10. The molecule has 0 aliphatic rings. The van der Waals surface area contributed by atoms with E-state index in [0.717, 1.165) is 0 Å². The Hall–Kier alpha value is -1.53. The van der Waals surface area contributed by atoms with Crippen molar-refractivity contribution in [3.8, 4) is 0 Å². The number of aryl methyl sites for hydroxylation is 1. The molecule has 0 aliphatic carbocycles. The van der Waals surface area contributed by atoms with Crippen LogP contribution in [-0.2, 0) is 16.4 Å². The standard InChI is InChI=1S/C12H14ClN3O2S/c13-11-8-10(2-3-12(11)14)19(17,18)7-1-5-16-6-4-15-9-16/h2-4,6,8-9H,1,5,7,14H2. The van der Waals surface area contributed by atoms with E-state index in [1.54, 1.807) is 18.7 Å². The number of halogens is 1.